The van der Waals surface area contributed by atoms with E-state index in [1.807, 2.05) is 0 Å². The molecule has 3 heteroatoms. The van der Waals surface area contributed by atoms with Crippen molar-refractivity contribution < 1.29 is 0 Å². The second-order valence-electron chi connectivity index (χ2n) is 8.22. The Kier molecular flexibility index (Phi) is 4.49. The van der Waals surface area contributed by atoms with Gasteiger partial charge in [0.25, 0.3) is 0 Å². The fraction of sp³-hybridized carbons (Fsp3) is 0.545. The Morgan fingerprint density at radius 2 is 1.60 bits per heavy atom. The summed E-state index contributed by atoms with van der Waals surface area (Å²) in [4.78, 5) is 12.5. The van der Waals surface area contributed by atoms with E-state index in [2.05, 4.69) is 49.9 Å². The van der Waals surface area contributed by atoms with Crippen molar-refractivity contribution in [1.82, 2.24) is 9.97 Å². The lowest BCUT2D eigenvalue weighted by molar-refractivity contribution is 0.353. The molecule has 1 aliphatic carbocycles. The van der Waals surface area contributed by atoms with Crippen molar-refractivity contribution >= 4 is 5.95 Å². The van der Waals surface area contributed by atoms with Crippen LogP contribution >= 0.6 is 0 Å². The van der Waals surface area contributed by atoms with E-state index in [9.17, 15) is 0 Å². The molecule has 2 atom stereocenters. The highest BCUT2D eigenvalue weighted by Gasteiger charge is 2.26. The van der Waals surface area contributed by atoms with Crippen LogP contribution < -0.4 is 4.90 Å². The quantitative estimate of drug-likeness (QED) is 0.788. The van der Waals surface area contributed by atoms with Crippen LogP contribution in [-0.4, -0.2) is 23.1 Å². The molecule has 2 unspecified atom stereocenters. The van der Waals surface area contributed by atoms with Crippen LogP contribution in [0.5, 0.6) is 0 Å². The van der Waals surface area contributed by atoms with E-state index in [-0.39, 0.29) is 0 Å². The molecule has 1 fully saturated rings. The van der Waals surface area contributed by atoms with Crippen LogP contribution in [0, 0.1) is 18.8 Å². The molecule has 0 saturated carbocycles. The van der Waals surface area contributed by atoms with Gasteiger partial charge in [-0.25, -0.2) is 9.97 Å². The molecule has 2 aromatic rings. The third kappa shape index (κ3) is 3.42. The summed E-state index contributed by atoms with van der Waals surface area (Å²) in [5, 5.41) is 0. The second kappa shape index (κ2) is 6.78. The van der Waals surface area contributed by atoms with Gasteiger partial charge in [-0.05, 0) is 50.9 Å². The Morgan fingerprint density at radius 3 is 2.32 bits per heavy atom. The molecule has 2 aliphatic rings. The minimum Gasteiger partial charge on any atom is -0.340 e. The van der Waals surface area contributed by atoms with Crippen molar-refractivity contribution in [2.45, 2.75) is 52.9 Å². The van der Waals surface area contributed by atoms with E-state index >= 15 is 0 Å². The van der Waals surface area contributed by atoms with Gasteiger partial charge in [0.05, 0.1) is 5.69 Å². The highest BCUT2D eigenvalue weighted by molar-refractivity contribution is 5.66. The number of aromatic nitrogens is 2. The third-order valence-electron chi connectivity index (χ3n) is 5.65. The van der Waals surface area contributed by atoms with E-state index in [1.165, 1.54) is 47.3 Å². The van der Waals surface area contributed by atoms with Crippen LogP contribution in [0.15, 0.2) is 24.3 Å². The Bertz CT molecular complexity index is 741. The number of benzene rings is 1. The first-order valence-corrected chi connectivity index (χ1v) is 9.82. The van der Waals surface area contributed by atoms with Crippen LogP contribution in [0.4, 0.5) is 5.95 Å². The Morgan fingerprint density at radius 1 is 0.920 bits per heavy atom. The Hall–Kier alpha value is -1.90. The second-order valence-corrected chi connectivity index (χ2v) is 8.22. The molecule has 0 radical (unpaired) electrons. The average molecular weight is 335 g/mol. The zero-order valence-electron chi connectivity index (χ0n) is 15.8. The van der Waals surface area contributed by atoms with E-state index in [1.54, 1.807) is 0 Å². The van der Waals surface area contributed by atoms with Crippen LogP contribution in [0.3, 0.4) is 0 Å². The van der Waals surface area contributed by atoms with Crippen LogP contribution in [-0.2, 0) is 12.8 Å². The summed E-state index contributed by atoms with van der Waals surface area (Å²) in [6, 6.07) is 8.82. The van der Waals surface area contributed by atoms with Gasteiger partial charge in [-0.2, -0.15) is 0 Å². The first-order valence-electron chi connectivity index (χ1n) is 9.82. The van der Waals surface area contributed by atoms with Gasteiger partial charge in [-0.1, -0.05) is 43.7 Å². The fourth-order valence-corrected chi connectivity index (χ4v) is 4.50. The van der Waals surface area contributed by atoms with Gasteiger partial charge in [0, 0.05) is 29.9 Å². The molecule has 1 aromatic heterocycles. The fourth-order valence-electron chi connectivity index (χ4n) is 4.50. The van der Waals surface area contributed by atoms with Crippen molar-refractivity contribution in [3.05, 3.63) is 41.1 Å². The number of anilines is 1. The molecule has 1 saturated heterocycles. The Balaban J connectivity index is 1.78. The molecule has 2 heterocycles. The number of hydrogen-bond acceptors (Lipinski definition) is 3. The number of rotatable bonds is 2. The summed E-state index contributed by atoms with van der Waals surface area (Å²) < 4.78 is 0. The van der Waals surface area contributed by atoms with Gasteiger partial charge >= 0.3 is 0 Å². The zero-order valence-corrected chi connectivity index (χ0v) is 15.8. The number of piperidine rings is 1. The lowest BCUT2D eigenvalue weighted by Gasteiger charge is -2.35. The van der Waals surface area contributed by atoms with E-state index in [4.69, 9.17) is 9.97 Å². The molecule has 25 heavy (non-hydrogen) atoms. The highest BCUT2D eigenvalue weighted by Crippen LogP contribution is 2.33. The van der Waals surface area contributed by atoms with Crippen molar-refractivity contribution in [2.24, 2.45) is 11.8 Å². The van der Waals surface area contributed by atoms with E-state index in [0.717, 1.165) is 31.9 Å². The number of fused-ring (bicyclic) bond motifs is 1. The van der Waals surface area contributed by atoms with Gasteiger partial charge in [-0.15, -0.1) is 0 Å². The summed E-state index contributed by atoms with van der Waals surface area (Å²) in [5.41, 5.74) is 6.39. The largest absolute Gasteiger partial charge is 0.340 e. The van der Waals surface area contributed by atoms with Crippen LogP contribution in [0.2, 0.25) is 0 Å². The monoisotopic (exact) mass is 335 g/mol. The number of nitrogens with zero attached hydrogens (tertiary/aromatic N) is 3. The molecule has 4 rings (SSSR count). The molecule has 3 nitrogen and oxygen atoms in total. The van der Waals surface area contributed by atoms with Gasteiger partial charge in [0.1, 0.15) is 0 Å². The van der Waals surface area contributed by atoms with Gasteiger partial charge in [-0.3, -0.25) is 0 Å². The topological polar surface area (TPSA) is 29.0 Å². The van der Waals surface area contributed by atoms with Gasteiger partial charge in [0.2, 0.25) is 5.95 Å². The molecule has 0 spiro atoms. The van der Waals surface area contributed by atoms with Gasteiger partial charge in [0.15, 0.2) is 0 Å². The summed E-state index contributed by atoms with van der Waals surface area (Å²) in [7, 11) is 0. The van der Waals surface area contributed by atoms with Crippen LogP contribution in [0.25, 0.3) is 11.3 Å². The maximum Gasteiger partial charge on any atom is 0.226 e. The first-order chi connectivity index (χ1) is 12.1. The van der Waals surface area contributed by atoms with Crippen molar-refractivity contribution in [3.63, 3.8) is 0 Å². The van der Waals surface area contributed by atoms with Crippen molar-refractivity contribution in [2.75, 3.05) is 18.0 Å². The number of aryl methyl sites for hydroxylation is 2. The summed E-state index contributed by atoms with van der Waals surface area (Å²) in [6.45, 7) is 9.00. The molecule has 1 aromatic carbocycles. The predicted octanol–water partition coefficient (Wildman–Crippen LogP) is 4.81. The van der Waals surface area contributed by atoms with Crippen molar-refractivity contribution in [1.29, 1.82) is 0 Å². The molecular formula is C22H29N3. The molecule has 0 N–H and O–H groups in total. The molecule has 132 valence electrons. The average Bonchev–Trinajstić information content (AvgIpc) is 2.61. The summed E-state index contributed by atoms with van der Waals surface area (Å²) >= 11 is 0. The molecule has 0 amide bonds. The molecule has 0 bridgehead atoms. The lowest BCUT2D eigenvalue weighted by atomic mass is 9.91. The predicted molar refractivity (Wildman–Crippen MR) is 104 cm³/mol. The van der Waals surface area contributed by atoms with E-state index < -0.39 is 0 Å². The zero-order chi connectivity index (χ0) is 17.4. The third-order valence-corrected chi connectivity index (χ3v) is 5.65. The summed E-state index contributed by atoms with van der Waals surface area (Å²) in [5.74, 6) is 2.38. The molecule has 1 aliphatic heterocycles. The minimum atomic E-state index is 0.714. The maximum atomic E-state index is 5.09. The smallest absolute Gasteiger partial charge is 0.226 e. The molecular weight excluding hydrogens is 306 g/mol. The minimum absolute atomic E-state index is 0.714. The highest BCUT2D eigenvalue weighted by atomic mass is 15.3. The number of hydrogen-bond donors (Lipinski definition) is 0. The van der Waals surface area contributed by atoms with Gasteiger partial charge < -0.3 is 4.90 Å². The summed E-state index contributed by atoms with van der Waals surface area (Å²) in [6.07, 6.45) is 6.04. The van der Waals surface area contributed by atoms with E-state index in [0.29, 0.717) is 11.8 Å². The Labute approximate surface area is 151 Å². The van der Waals surface area contributed by atoms with Crippen LogP contribution in [0.1, 0.15) is 49.9 Å². The standard InChI is InChI=1S/C22H29N3/c1-15-8-10-18(11-9-15)21-19-6-4-5-7-20(19)23-22(24-21)25-13-16(2)12-17(3)14-25/h8-11,16-17H,4-7,12-14H2,1-3H3. The lowest BCUT2D eigenvalue weighted by Crippen LogP contribution is -2.40. The van der Waals surface area contributed by atoms with Crippen molar-refractivity contribution in [3.8, 4) is 11.3 Å². The maximum absolute atomic E-state index is 5.09. The first kappa shape index (κ1) is 16.6. The SMILES string of the molecule is Cc1ccc(-c2nc(N3CC(C)CC(C)C3)nc3c2CCCC3)cc1. The normalized spacial score (nSPS) is 23.4.